The average molecular weight is 535 g/mol. The van der Waals surface area contributed by atoms with Crippen LogP contribution in [0.4, 0.5) is 0 Å². The van der Waals surface area contributed by atoms with Gasteiger partial charge in [-0.1, -0.05) is 77.7 Å². The van der Waals surface area contributed by atoms with E-state index in [1.807, 2.05) is 0 Å². The van der Waals surface area contributed by atoms with Crippen molar-refractivity contribution >= 4 is 11.9 Å². The molecule has 1 aromatic carbocycles. The summed E-state index contributed by atoms with van der Waals surface area (Å²) in [7, 11) is 0. The highest BCUT2D eigenvalue weighted by atomic mass is 16.5. The maximum Gasteiger partial charge on any atom is 0.339 e. The Labute approximate surface area is 236 Å². The van der Waals surface area contributed by atoms with Crippen molar-refractivity contribution in [3.63, 3.8) is 0 Å². The summed E-state index contributed by atoms with van der Waals surface area (Å²) < 4.78 is 5.93. The summed E-state index contributed by atoms with van der Waals surface area (Å²) >= 11 is 0. The van der Waals surface area contributed by atoms with E-state index < -0.39 is 11.9 Å². The van der Waals surface area contributed by atoms with Crippen LogP contribution in [0.5, 0.6) is 0 Å². The Bertz CT molecular complexity index is 1100. The molecule has 0 radical (unpaired) electrons. The van der Waals surface area contributed by atoms with E-state index in [2.05, 4.69) is 40.7 Å². The molecule has 3 saturated carbocycles. The summed E-state index contributed by atoms with van der Waals surface area (Å²) in [5, 5.41) is 9.49. The summed E-state index contributed by atoms with van der Waals surface area (Å²) in [5.74, 6) is 3.26. The lowest BCUT2D eigenvalue weighted by Crippen LogP contribution is -2.51. The van der Waals surface area contributed by atoms with Gasteiger partial charge in [0.2, 0.25) is 0 Å². The average Bonchev–Trinajstić information content (AvgIpc) is 3.26. The van der Waals surface area contributed by atoms with Crippen molar-refractivity contribution in [2.24, 2.45) is 46.3 Å². The number of hydrogen-bond acceptors (Lipinski definition) is 3. The van der Waals surface area contributed by atoms with Gasteiger partial charge in [-0.15, -0.1) is 0 Å². The number of fused-ring (bicyclic) bond motifs is 5. The second-order valence-corrected chi connectivity index (χ2v) is 14.4. The first-order chi connectivity index (χ1) is 18.5. The van der Waals surface area contributed by atoms with E-state index in [-0.39, 0.29) is 22.6 Å². The molecule has 4 nitrogen and oxygen atoms in total. The molecule has 1 N–H and O–H groups in total. The molecule has 1 unspecified atom stereocenters. The Hall–Kier alpha value is -2.10. The standard InChI is InChI=1S/C35H50O4/c1-22(2)9-8-10-23(3)29-15-16-30-28-14-13-24-21-25(17-19-34(24,4)31(28)18-20-35(29,30)5)39-33(38)27-12-7-6-11-26(27)32(36)37/h6-7,11-13,22-23,25,28-31H,8-10,14-21H2,1-5H3,(H,36,37)/t23-,25?,28+,29-,30+,31+,34+,35-/m1/s1. The lowest BCUT2D eigenvalue weighted by molar-refractivity contribution is -0.0594. The molecule has 4 heteroatoms. The van der Waals surface area contributed by atoms with E-state index in [4.69, 9.17) is 4.74 Å². The largest absolute Gasteiger partial charge is 0.478 e. The van der Waals surface area contributed by atoms with Crippen LogP contribution in [0.2, 0.25) is 0 Å². The third-order valence-corrected chi connectivity index (χ3v) is 11.9. The molecule has 0 heterocycles. The van der Waals surface area contributed by atoms with E-state index in [0.29, 0.717) is 5.41 Å². The summed E-state index contributed by atoms with van der Waals surface area (Å²) in [6, 6.07) is 6.37. The highest BCUT2D eigenvalue weighted by molar-refractivity contribution is 6.02. The zero-order chi connectivity index (χ0) is 27.9. The van der Waals surface area contributed by atoms with E-state index in [1.165, 1.54) is 63.0 Å². The number of carbonyl (C=O) groups excluding carboxylic acids is 1. The van der Waals surface area contributed by atoms with Crippen molar-refractivity contribution in [1.82, 2.24) is 0 Å². The molecular formula is C35H50O4. The maximum absolute atomic E-state index is 12.9. The smallest absolute Gasteiger partial charge is 0.339 e. The van der Waals surface area contributed by atoms with Crippen molar-refractivity contribution in [3.8, 4) is 0 Å². The Morgan fingerprint density at radius 2 is 1.72 bits per heavy atom. The van der Waals surface area contributed by atoms with Gasteiger partial charge in [0.15, 0.2) is 0 Å². The van der Waals surface area contributed by atoms with Gasteiger partial charge in [0.25, 0.3) is 0 Å². The molecule has 8 atom stereocenters. The van der Waals surface area contributed by atoms with Gasteiger partial charge < -0.3 is 9.84 Å². The molecule has 214 valence electrons. The van der Waals surface area contributed by atoms with Crippen LogP contribution in [0.1, 0.15) is 126 Å². The molecule has 0 aromatic heterocycles. The first-order valence-electron chi connectivity index (χ1n) is 15.8. The summed E-state index contributed by atoms with van der Waals surface area (Å²) in [6.07, 6.45) is 15.9. The molecule has 3 fully saturated rings. The zero-order valence-corrected chi connectivity index (χ0v) is 24.9. The fourth-order valence-corrected chi connectivity index (χ4v) is 9.82. The molecule has 0 spiro atoms. The van der Waals surface area contributed by atoms with Crippen LogP contribution in [-0.4, -0.2) is 23.1 Å². The number of carboxylic acid groups (broad SMARTS) is 1. The van der Waals surface area contributed by atoms with E-state index in [1.54, 1.807) is 18.2 Å². The van der Waals surface area contributed by atoms with Crippen LogP contribution >= 0.6 is 0 Å². The minimum Gasteiger partial charge on any atom is -0.478 e. The van der Waals surface area contributed by atoms with Crippen molar-refractivity contribution in [3.05, 3.63) is 47.0 Å². The number of esters is 1. The van der Waals surface area contributed by atoms with Gasteiger partial charge in [-0.3, -0.25) is 0 Å². The Balaban J connectivity index is 1.26. The van der Waals surface area contributed by atoms with Crippen molar-refractivity contribution in [1.29, 1.82) is 0 Å². The lowest BCUT2D eigenvalue weighted by Gasteiger charge is -2.58. The van der Waals surface area contributed by atoms with Crippen LogP contribution < -0.4 is 0 Å². The summed E-state index contributed by atoms with van der Waals surface area (Å²) in [6.45, 7) is 12.4. The molecule has 0 amide bonds. The predicted molar refractivity (Wildman–Crippen MR) is 156 cm³/mol. The van der Waals surface area contributed by atoms with Crippen molar-refractivity contribution < 1.29 is 19.4 Å². The second-order valence-electron chi connectivity index (χ2n) is 14.4. The number of rotatable bonds is 8. The summed E-state index contributed by atoms with van der Waals surface area (Å²) in [4.78, 5) is 24.5. The number of hydrogen-bond donors (Lipinski definition) is 1. The normalized spacial score (nSPS) is 36.4. The van der Waals surface area contributed by atoms with Crippen LogP contribution in [-0.2, 0) is 4.74 Å². The first-order valence-corrected chi connectivity index (χ1v) is 15.8. The molecule has 4 aliphatic carbocycles. The monoisotopic (exact) mass is 534 g/mol. The number of carbonyl (C=O) groups is 2. The zero-order valence-electron chi connectivity index (χ0n) is 24.9. The van der Waals surface area contributed by atoms with Gasteiger partial charge in [0, 0.05) is 6.42 Å². The predicted octanol–water partition coefficient (Wildman–Crippen LogP) is 8.95. The minimum atomic E-state index is -1.09. The number of ether oxygens (including phenoxy) is 1. The Morgan fingerprint density at radius 3 is 2.44 bits per heavy atom. The quantitative estimate of drug-likeness (QED) is 0.267. The van der Waals surface area contributed by atoms with Gasteiger partial charge >= 0.3 is 11.9 Å². The molecule has 0 aliphatic heterocycles. The highest BCUT2D eigenvalue weighted by Crippen LogP contribution is 2.67. The fraction of sp³-hybridized carbons (Fsp3) is 0.714. The third kappa shape index (κ3) is 5.22. The van der Waals surface area contributed by atoms with Crippen LogP contribution in [0.15, 0.2) is 35.9 Å². The number of aromatic carboxylic acids is 1. The highest BCUT2D eigenvalue weighted by Gasteiger charge is 2.59. The van der Waals surface area contributed by atoms with Crippen molar-refractivity contribution in [2.75, 3.05) is 0 Å². The molecule has 5 rings (SSSR count). The first kappa shape index (κ1) is 28.4. The van der Waals surface area contributed by atoms with E-state index in [9.17, 15) is 14.7 Å². The number of benzene rings is 1. The second kappa shape index (κ2) is 11.1. The maximum atomic E-state index is 12.9. The van der Waals surface area contributed by atoms with Gasteiger partial charge in [-0.05, 0) is 103 Å². The van der Waals surface area contributed by atoms with Crippen LogP contribution in [0.25, 0.3) is 0 Å². The van der Waals surface area contributed by atoms with E-state index >= 15 is 0 Å². The number of allylic oxidation sites excluding steroid dienone is 1. The SMILES string of the molecule is CC(C)CCC[C@@H](C)[C@H]1CC[C@H]2[C@@H]3CC=C4CC(OC(=O)c5ccccc5C(=O)O)CC[C@]4(C)[C@H]3CC[C@]12C. The van der Waals surface area contributed by atoms with Gasteiger partial charge in [0.05, 0.1) is 11.1 Å². The molecule has 39 heavy (non-hydrogen) atoms. The topological polar surface area (TPSA) is 63.6 Å². The molecular weight excluding hydrogens is 484 g/mol. The Morgan fingerprint density at radius 1 is 0.974 bits per heavy atom. The molecule has 4 aliphatic rings. The number of carboxylic acids is 1. The van der Waals surface area contributed by atoms with Gasteiger partial charge in [-0.2, -0.15) is 0 Å². The minimum absolute atomic E-state index is 0.0113. The molecule has 1 aromatic rings. The fourth-order valence-electron chi connectivity index (χ4n) is 9.82. The molecule has 0 bridgehead atoms. The summed E-state index contributed by atoms with van der Waals surface area (Å²) in [5.41, 5.74) is 2.34. The van der Waals surface area contributed by atoms with E-state index in [0.717, 1.165) is 54.8 Å². The Kier molecular flexibility index (Phi) is 8.06. The molecule has 0 saturated heterocycles. The van der Waals surface area contributed by atoms with Crippen molar-refractivity contribution in [2.45, 2.75) is 111 Å². The van der Waals surface area contributed by atoms with Gasteiger partial charge in [-0.25, -0.2) is 9.59 Å². The lowest BCUT2D eigenvalue weighted by atomic mass is 9.47. The third-order valence-electron chi connectivity index (χ3n) is 11.9. The van der Waals surface area contributed by atoms with Gasteiger partial charge in [0.1, 0.15) is 6.10 Å². The van der Waals surface area contributed by atoms with Crippen LogP contribution in [0.3, 0.4) is 0 Å². The van der Waals surface area contributed by atoms with Crippen LogP contribution in [0, 0.1) is 46.3 Å².